The lowest BCUT2D eigenvalue weighted by atomic mass is 9.94. The zero-order chi connectivity index (χ0) is 14.7. The Morgan fingerprint density at radius 3 is 2.55 bits per heavy atom. The lowest BCUT2D eigenvalue weighted by Gasteiger charge is -2.22. The van der Waals surface area contributed by atoms with Crippen molar-refractivity contribution in [3.63, 3.8) is 0 Å². The van der Waals surface area contributed by atoms with Crippen LogP contribution in [0.3, 0.4) is 0 Å². The molecular formula is C17H19ClFN. The number of hydrogen-bond donors (Lipinski definition) is 1. The van der Waals surface area contributed by atoms with Gasteiger partial charge in [-0.2, -0.15) is 0 Å². The minimum atomic E-state index is -0.206. The minimum Gasteiger partial charge on any atom is -0.307 e. The van der Waals surface area contributed by atoms with Crippen LogP contribution < -0.4 is 5.32 Å². The molecule has 2 rings (SSSR count). The van der Waals surface area contributed by atoms with E-state index in [0.717, 1.165) is 28.8 Å². The van der Waals surface area contributed by atoms with E-state index >= 15 is 0 Å². The van der Waals surface area contributed by atoms with Gasteiger partial charge in [0.25, 0.3) is 0 Å². The van der Waals surface area contributed by atoms with Gasteiger partial charge in [-0.05, 0) is 66.9 Å². The summed E-state index contributed by atoms with van der Waals surface area (Å²) in [5.74, 6) is -0.206. The summed E-state index contributed by atoms with van der Waals surface area (Å²) in [5.41, 5.74) is 4.07. The maximum atomic E-state index is 13.7. The highest BCUT2D eigenvalue weighted by atomic mass is 35.5. The number of halogens is 2. The Kier molecular flexibility index (Phi) is 4.79. The van der Waals surface area contributed by atoms with E-state index in [1.165, 1.54) is 6.07 Å². The van der Waals surface area contributed by atoms with Crippen molar-refractivity contribution in [1.29, 1.82) is 0 Å². The van der Waals surface area contributed by atoms with Gasteiger partial charge >= 0.3 is 0 Å². The van der Waals surface area contributed by atoms with Gasteiger partial charge < -0.3 is 5.32 Å². The Hall–Kier alpha value is -1.38. The van der Waals surface area contributed by atoms with Crippen molar-refractivity contribution in [3.05, 3.63) is 69.5 Å². The van der Waals surface area contributed by atoms with Crippen LogP contribution in [0.2, 0.25) is 5.02 Å². The third-order valence-corrected chi connectivity index (χ3v) is 3.59. The molecule has 1 atom stereocenters. The molecule has 1 nitrogen and oxygen atoms in total. The molecule has 106 valence electrons. The van der Waals surface area contributed by atoms with Crippen LogP contribution in [0.5, 0.6) is 0 Å². The highest BCUT2D eigenvalue weighted by Crippen LogP contribution is 2.28. The lowest BCUT2D eigenvalue weighted by molar-refractivity contribution is 0.600. The van der Waals surface area contributed by atoms with Gasteiger partial charge in [0.05, 0.1) is 6.04 Å². The first-order chi connectivity index (χ1) is 9.51. The van der Waals surface area contributed by atoms with Crippen LogP contribution in [0.15, 0.2) is 36.4 Å². The fourth-order valence-electron chi connectivity index (χ4n) is 2.47. The first-order valence-corrected chi connectivity index (χ1v) is 7.15. The van der Waals surface area contributed by atoms with Crippen molar-refractivity contribution in [1.82, 2.24) is 5.32 Å². The van der Waals surface area contributed by atoms with E-state index in [1.54, 1.807) is 6.07 Å². The molecule has 0 aliphatic rings. The maximum Gasteiger partial charge on any atom is 0.123 e. The SMILES string of the molecule is CCNC(c1cc(C)cc(F)c1)c1cc(Cl)ccc1C. The Labute approximate surface area is 124 Å². The van der Waals surface area contributed by atoms with E-state index in [1.807, 2.05) is 45.0 Å². The molecule has 0 saturated heterocycles. The van der Waals surface area contributed by atoms with E-state index in [9.17, 15) is 4.39 Å². The second-order valence-corrected chi connectivity index (χ2v) is 5.49. The van der Waals surface area contributed by atoms with Crippen molar-refractivity contribution in [2.45, 2.75) is 26.8 Å². The molecule has 2 aromatic carbocycles. The van der Waals surface area contributed by atoms with Gasteiger partial charge in [0.15, 0.2) is 0 Å². The maximum absolute atomic E-state index is 13.7. The molecular weight excluding hydrogens is 273 g/mol. The summed E-state index contributed by atoms with van der Waals surface area (Å²) in [6.07, 6.45) is 0. The topological polar surface area (TPSA) is 12.0 Å². The Balaban J connectivity index is 2.52. The molecule has 1 unspecified atom stereocenters. The summed E-state index contributed by atoms with van der Waals surface area (Å²) in [5, 5.41) is 4.11. The minimum absolute atomic E-state index is 0.0481. The molecule has 0 saturated carbocycles. The molecule has 1 N–H and O–H groups in total. The number of rotatable bonds is 4. The molecule has 2 aromatic rings. The summed E-state index contributed by atoms with van der Waals surface area (Å²) in [6.45, 7) is 6.79. The Morgan fingerprint density at radius 2 is 1.90 bits per heavy atom. The summed E-state index contributed by atoms with van der Waals surface area (Å²) in [4.78, 5) is 0. The lowest BCUT2D eigenvalue weighted by Crippen LogP contribution is -2.23. The summed E-state index contributed by atoms with van der Waals surface area (Å²) in [7, 11) is 0. The molecule has 20 heavy (non-hydrogen) atoms. The van der Waals surface area contributed by atoms with Crippen LogP contribution >= 0.6 is 11.6 Å². The van der Waals surface area contributed by atoms with Crippen LogP contribution in [-0.4, -0.2) is 6.54 Å². The predicted octanol–water partition coefficient (Wildman–Crippen LogP) is 4.79. The summed E-state index contributed by atoms with van der Waals surface area (Å²) < 4.78 is 13.7. The van der Waals surface area contributed by atoms with Crippen LogP contribution in [-0.2, 0) is 0 Å². The van der Waals surface area contributed by atoms with Crippen LogP contribution in [0, 0.1) is 19.7 Å². The highest BCUT2D eigenvalue weighted by Gasteiger charge is 2.16. The van der Waals surface area contributed by atoms with Crippen molar-refractivity contribution in [3.8, 4) is 0 Å². The third-order valence-electron chi connectivity index (χ3n) is 3.36. The van der Waals surface area contributed by atoms with Gasteiger partial charge in [0.2, 0.25) is 0 Å². The fourth-order valence-corrected chi connectivity index (χ4v) is 2.65. The van der Waals surface area contributed by atoms with E-state index in [4.69, 9.17) is 11.6 Å². The van der Waals surface area contributed by atoms with Gasteiger partial charge in [-0.3, -0.25) is 0 Å². The predicted molar refractivity (Wildman–Crippen MR) is 82.8 cm³/mol. The molecule has 0 aromatic heterocycles. The van der Waals surface area contributed by atoms with Crippen LogP contribution in [0.1, 0.15) is 35.2 Å². The van der Waals surface area contributed by atoms with Crippen molar-refractivity contribution < 1.29 is 4.39 Å². The average molecular weight is 292 g/mol. The normalized spacial score (nSPS) is 12.4. The number of nitrogens with one attached hydrogen (secondary N) is 1. The number of benzene rings is 2. The van der Waals surface area contributed by atoms with E-state index in [-0.39, 0.29) is 11.9 Å². The zero-order valence-electron chi connectivity index (χ0n) is 12.0. The third kappa shape index (κ3) is 3.38. The van der Waals surface area contributed by atoms with Gasteiger partial charge in [-0.15, -0.1) is 0 Å². The number of aryl methyl sites for hydroxylation is 2. The van der Waals surface area contributed by atoms with Gasteiger partial charge in [0.1, 0.15) is 5.82 Å². The molecule has 0 fully saturated rings. The second-order valence-electron chi connectivity index (χ2n) is 5.05. The van der Waals surface area contributed by atoms with Crippen molar-refractivity contribution in [2.75, 3.05) is 6.54 Å². The molecule has 0 bridgehead atoms. The van der Waals surface area contributed by atoms with E-state index < -0.39 is 0 Å². The first kappa shape index (κ1) is 15.0. The second kappa shape index (κ2) is 6.38. The largest absolute Gasteiger partial charge is 0.307 e. The molecule has 0 spiro atoms. The number of hydrogen-bond acceptors (Lipinski definition) is 1. The molecule has 0 radical (unpaired) electrons. The van der Waals surface area contributed by atoms with Crippen molar-refractivity contribution >= 4 is 11.6 Å². The standard InChI is InChI=1S/C17H19ClFN/c1-4-20-17(13-7-11(2)8-15(19)9-13)16-10-14(18)6-5-12(16)3/h5-10,17,20H,4H2,1-3H3. The average Bonchev–Trinajstić information content (AvgIpc) is 2.38. The smallest absolute Gasteiger partial charge is 0.123 e. The quantitative estimate of drug-likeness (QED) is 0.853. The van der Waals surface area contributed by atoms with E-state index in [2.05, 4.69) is 5.32 Å². The van der Waals surface area contributed by atoms with Crippen LogP contribution in [0.4, 0.5) is 4.39 Å². The summed E-state index contributed by atoms with van der Waals surface area (Å²) >= 11 is 6.11. The molecule has 0 amide bonds. The monoisotopic (exact) mass is 291 g/mol. The van der Waals surface area contributed by atoms with Crippen LogP contribution in [0.25, 0.3) is 0 Å². The Morgan fingerprint density at radius 1 is 1.15 bits per heavy atom. The van der Waals surface area contributed by atoms with Gasteiger partial charge in [-0.1, -0.05) is 30.7 Å². The summed E-state index contributed by atoms with van der Waals surface area (Å²) in [6, 6.07) is 10.9. The van der Waals surface area contributed by atoms with Gasteiger partial charge in [-0.25, -0.2) is 4.39 Å². The van der Waals surface area contributed by atoms with Gasteiger partial charge in [0, 0.05) is 5.02 Å². The highest BCUT2D eigenvalue weighted by molar-refractivity contribution is 6.30. The van der Waals surface area contributed by atoms with E-state index in [0.29, 0.717) is 5.02 Å². The van der Waals surface area contributed by atoms with Crippen molar-refractivity contribution in [2.24, 2.45) is 0 Å². The molecule has 0 aliphatic carbocycles. The Bertz CT molecular complexity index is 590. The molecule has 0 heterocycles. The fraction of sp³-hybridized carbons (Fsp3) is 0.294. The first-order valence-electron chi connectivity index (χ1n) is 6.77. The molecule has 0 aliphatic heterocycles. The molecule has 3 heteroatoms. The zero-order valence-corrected chi connectivity index (χ0v) is 12.8.